The monoisotopic (exact) mass is 316 g/mol. The van der Waals surface area contributed by atoms with Crippen LogP contribution in [0.2, 0.25) is 5.31 Å². The summed E-state index contributed by atoms with van der Waals surface area (Å²) in [6, 6.07) is 10.8. The topological polar surface area (TPSA) is 18.5 Å². The molecular weight excluding hydrogens is 283 g/mol. The van der Waals surface area contributed by atoms with Crippen LogP contribution < -0.4 is 0 Å². The molecule has 128 valence electrons. The molecule has 2 nitrogen and oxygen atoms in total. The molecule has 3 heteroatoms. The fraction of sp³-hybridized carbons (Fsp3) is 0.700. The molecule has 0 N–H and O–H groups in total. The number of hydrogen-bond acceptors (Lipinski definition) is 2. The van der Waals surface area contributed by atoms with Crippen molar-refractivity contribution in [1.82, 2.24) is 0 Å². The minimum atomic E-state index is -0.251. The average Bonchev–Trinajstić information content (AvgIpc) is 2.74. The Hall–Kier alpha value is -0.795. The first kappa shape index (κ1) is 18.5. The average molecular weight is 316 g/mol. The fourth-order valence-electron chi connectivity index (χ4n) is 3.08. The van der Waals surface area contributed by atoms with Gasteiger partial charge in [0.15, 0.2) is 0 Å². The van der Waals surface area contributed by atoms with E-state index >= 15 is 0 Å². The molecule has 23 heavy (non-hydrogen) atoms. The Balaban J connectivity index is 2.04. The molecular formula is C20H33BO2. The minimum Gasteiger partial charge on any atom is -0.403 e. The van der Waals surface area contributed by atoms with Crippen LogP contribution >= 0.6 is 0 Å². The predicted molar refractivity (Wildman–Crippen MR) is 98.8 cm³/mol. The Morgan fingerprint density at radius 2 is 1.57 bits per heavy atom. The highest BCUT2D eigenvalue weighted by atomic mass is 16.7. The molecule has 1 aliphatic rings. The zero-order valence-corrected chi connectivity index (χ0v) is 16.0. The van der Waals surface area contributed by atoms with Crippen LogP contribution in [0.25, 0.3) is 0 Å². The second kappa shape index (κ2) is 6.60. The summed E-state index contributed by atoms with van der Waals surface area (Å²) < 4.78 is 12.7. The van der Waals surface area contributed by atoms with Crippen molar-refractivity contribution >= 4 is 7.12 Å². The Labute approximate surface area is 143 Å². The SMILES string of the molecule is CCC(C)(CCC(C)c1ccccc1)B1OC(C)(C)C(C)(C)O1. The molecule has 2 unspecified atom stereocenters. The van der Waals surface area contributed by atoms with Crippen molar-refractivity contribution in [3.05, 3.63) is 35.9 Å². The smallest absolute Gasteiger partial charge is 0.403 e. The maximum absolute atomic E-state index is 6.34. The molecule has 1 aliphatic heterocycles. The first-order valence-electron chi connectivity index (χ1n) is 9.02. The maximum atomic E-state index is 6.34. The van der Waals surface area contributed by atoms with Crippen LogP contribution in [0.4, 0.5) is 0 Å². The van der Waals surface area contributed by atoms with Crippen molar-refractivity contribution in [2.75, 3.05) is 0 Å². The molecule has 2 rings (SSSR count). The highest BCUT2D eigenvalue weighted by molar-refractivity contribution is 6.49. The molecule has 1 aromatic carbocycles. The highest BCUT2D eigenvalue weighted by Crippen LogP contribution is 2.49. The van der Waals surface area contributed by atoms with Gasteiger partial charge in [-0.2, -0.15) is 0 Å². The van der Waals surface area contributed by atoms with Crippen molar-refractivity contribution in [2.45, 2.75) is 90.2 Å². The molecule has 0 saturated carbocycles. The largest absolute Gasteiger partial charge is 0.464 e. The maximum Gasteiger partial charge on any atom is 0.464 e. The van der Waals surface area contributed by atoms with E-state index in [1.807, 2.05) is 0 Å². The molecule has 0 spiro atoms. The third-order valence-electron chi connectivity index (χ3n) is 6.15. The van der Waals surface area contributed by atoms with Gasteiger partial charge in [-0.25, -0.2) is 0 Å². The van der Waals surface area contributed by atoms with Gasteiger partial charge in [0.2, 0.25) is 0 Å². The molecule has 1 aromatic rings. The van der Waals surface area contributed by atoms with Gasteiger partial charge in [0.05, 0.1) is 11.2 Å². The molecule has 2 atom stereocenters. The summed E-state index contributed by atoms with van der Waals surface area (Å²) in [5.41, 5.74) is 0.915. The van der Waals surface area contributed by atoms with Gasteiger partial charge in [-0.3, -0.25) is 0 Å². The van der Waals surface area contributed by atoms with E-state index < -0.39 is 0 Å². The van der Waals surface area contributed by atoms with Crippen LogP contribution in [0.5, 0.6) is 0 Å². The van der Waals surface area contributed by atoms with E-state index in [-0.39, 0.29) is 23.6 Å². The molecule has 1 saturated heterocycles. The summed E-state index contributed by atoms with van der Waals surface area (Å²) in [6.07, 6.45) is 3.32. The van der Waals surface area contributed by atoms with Gasteiger partial charge in [-0.15, -0.1) is 0 Å². The van der Waals surface area contributed by atoms with Crippen LogP contribution in [-0.2, 0) is 9.31 Å². The molecule has 0 bridgehead atoms. The van der Waals surface area contributed by atoms with Gasteiger partial charge in [0, 0.05) is 5.31 Å². The third-order valence-corrected chi connectivity index (χ3v) is 6.15. The van der Waals surface area contributed by atoms with Crippen LogP contribution in [0, 0.1) is 0 Å². The lowest BCUT2D eigenvalue weighted by Crippen LogP contribution is -2.41. The Bertz CT molecular complexity index is 496. The number of benzene rings is 1. The molecule has 0 aromatic heterocycles. The summed E-state index contributed by atoms with van der Waals surface area (Å²) in [4.78, 5) is 0. The molecule has 1 fully saturated rings. The lowest BCUT2D eigenvalue weighted by molar-refractivity contribution is 0.00578. The summed E-state index contributed by atoms with van der Waals surface area (Å²) in [5, 5.41) is 0.0497. The molecule has 1 heterocycles. The lowest BCUT2D eigenvalue weighted by Gasteiger charge is -2.32. The van der Waals surface area contributed by atoms with Crippen molar-refractivity contribution in [1.29, 1.82) is 0 Å². The van der Waals surface area contributed by atoms with Gasteiger partial charge >= 0.3 is 7.12 Å². The van der Waals surface area contributed by atoms with Gasteiger partial charge in [0.25, 0.3) is 0 Å². The van der Waals surface area contributed by atoms with Crippen LogP contribution in [0.1, 0.15) is 79.2 Å². The summed E-state index contributed by atoms with van der Waals surface area (Å²) >= 11 is 0. The standard InChI is InChI=1S/C20H33BO2/c1-8-20(7,21-22-18(3,4)19(5,6)23-21)15-14-16(2)17-12-10-9-11-13-17/h9-13,16H,8,14-15H2,1-7H3. The lowest BCUT2D eigenvalue weighted by atomic mass is 9.54. The van der Waals surface area contributed by atoms with Crippen LogP contribution in [-0.4, -0.2) is 18.3 Å². The Morgan fingerprint density at radius 3 is 2.04 bits per heavy atom. The van der Waals surface area contributed by atoms with Crippen molar-refractivity contribution in [3.63, 3.8) is 0 Å². The number of rotatable bonds is 6. The third kappa shape index (κ3) is 3.83. The van der Waals surface area contributed by atoms with E-state index in [0.29, 0.717) is 5.92 Å². The van der Waals surface area contributed by atoms with Crippen LogP contribution in [0.3, 0.4) is 0 Å². The van der Waals surface area contributed by atoms with E-state index in [4.69, 9.17) is 9.31 Å². The Morgan fingerprint density at radius 1 is 1.04 bits per heavy atom. The number of hydrogen-bond donors (Lipinski definition) is 0. The van der Waals surface area contributed by atoms with Gasteiger partial charge in [-0.05, 0) is 52.0 Å². The Kier molecular flexibility index (Phi) is 5.32. The summed E-state index contributed by atoms with van der Waals surface area (Å²) in [5.74, 6) is 0.560. The first-order chi connectivity index (χ1) is 10.6. The summed E-state index contributed by atoms with van der Waals surface area (Å²) in [6.45, 7) is 15.4. The van der Waals surface area contributed by atoms with E-state index in [0.717, 1.165) is 19.3 Å². The molecule has 0 radical (unpaired) electrons. The normalized spacial score (nSPS) is 23.5. The predicted octanol–water partition coefficient (Wildman–Crippen LogP) is 5.83. The van der Waals surface area contributed by atoms with E-state index in [2.05, 4.69) is 78.8 Å². The molecule has 0 amide bonds. The van der Waals surface area contributed by atoms with Gasteiger partial charge in [0.1, 0.15) is 0 Å². The van der Waals surface area contributed by atoms with Gasteiger partial charge < -0.3 is 9.31 Å². The first-order valence-corrected chi connectivity index (χ1v) is 9.02. The second-order valence-electron chi connectivity index (χ2n) is 8.45. The van der Waals surface area contributed by atoms with Crippen LogP contribution in [0.15, 0.2) is 30.3 Å². The van der Waals surface area contributed by atoms with Crippen molar-refractivity contribution in [3.8, 4) is 0 Å². The highest BCUT2D eigenvalue weighted by Gasteiger charge is 2.57. The van der Waals surface area contributed by atoms with Crippen molar-refractivity contribution in [2.24, 2.45) is 0 Å². The molecule has 0 aliphatic carbocycles. The summed E-state index contributed by atoms with van der Waals surface area (Å²) in [7, 11) is -0.125. The fourth-order valence-corrected chi connectivity index (χ4v) is 3.08. The quantitative estimate of drug-likeness (QED) is 0.614. The zero-order chi connectivity index (χ0) is 17.3. The van der Waals surface area contributed by atoms with E-state index in [9.17, 15) is 0 Å². The minimum absolute atomic E-state index is 0.0497. The van der Waals surface area contributed by atoms with Gasteiger partial charge in [-0.1, -0.05) is 57.5 Å². The zero-order valence-electron chi connectivity index (χ0n) is 16.0. The van der Waals surface area contributed by atoms with Crippen molar-refractivity contribution < 1.29 is 9.31 Å². The van der Waals surface area contributed by atoms with E-state index in [1.54, 1.807) is 0 Å². The van der Waals surface area contributed by atoms with E-state index in [1.165, 1.54) is 5.56 Å². The second-order valence-corrected chi connectivity index (χ2v) is 8.45.